The summed E-state index contributed by atoms with van der Waals surface area (Å²) in [7, 11) is -3.29. The minimum absolute atomic E-state index is 0.180. The SMILES string of the molecule is CS(=O)(=O)c1ccc(-n2cc(-c3ccc(C(F)(F)F)cc3)nn2)cc1. The summed E-state index contributed by atoms with van der Waals surface area (Å²) in [4.78, 5) is 0.180. The van der Waals surface area contributed by atoms with Crippen molar-refractivity contribution in [3.63, 3.8) is 0 Å². The Hall–Kier alpha value is -2.68. The average molecular weight is 367 g/mol. The molecule has 0 spiro atoms. The molecule has 9 heteroatoms. The third-order valence-electron chi connectivity index (χ3n) is 3.53. The highest BCUT2D eigenvalue weighted by Crippen LogP contribution is 2.30. The normalized spacial score (nSPS) is 12.3. The predicted molar refractivity (Wildman–Crippen MR) is 84.9 cm³/mol. The van der Waals surface area contributed by atoms with Crippen LogP contribution in [-0.2, 0) is 16.0 Å². The molecule has 0 aliphatic heterocycles. The maximum absolute atomic E-state index is 12.6. The van der Waals surface area contributed by atoms with Gasteiger partial charge in [0.1, 0.15) is 5.69 Å². The molecule has 0 aliphatic rings. The summed E-state index contributed by atoms with van der Waals surface area (Å²) in [5.74, 6) is 0. The average Bonchev–Trinajstić information content (AvgIpc) is 3.03. The molecule has 3 aromatic rings. The van der Waals surface area contributed by atoms with E-state index in [-0.39, 0.29) is 4.90 Å². The van der Waals surface area contributed by atoms with Crippen LogP contribution in [0.25, 0.3) is 16.9 Å². The van der Waals surface area contributed by atoms with E-state index >= 15 is 0 Å². The summed E-state index contributed by atoms with van der Waals surface area (Å²) in [6.07, 6.45) is -1.73. The number of hydrogen-bond donors (Lipinski definition) is 0. The number of rotatable bonds is 3. The molecule has 1 aromatic heterocycles. The number of hydrogen-bond acceptors (Lipinski definition) is 4. The molecular formula is C16H12F3N3O2S. The molecule has 130 valence electrons. The topological polar surface area (TPSA) is 64.8 Å². The van der Waals surface area contributed by atoms with E-state index in [1.165, 1.54) is 28.9 Å². The zero-order valence-corrected chi connectivity index (χ0v) is 13.7. The summed E-state index contributed by atoms with van der Waals surface area (Å²) in [5, 5.41) is 7.86. The second-order valence-corrected chi connectivity index (χ2v) is 7.41. The van der Waals surface area contributed by atoms with E-state index in [1.807, 2.05) is 0 Å². The van der Waals surface area contributed by atoms with Gasteiger partial charge in [0.15, 0.2) is 9.84 Å². The molecule has 0 aliphatic carbocycles. The van der Waals surface area contributed by atoms with E-state index in [2.05, 4.69) is 10.3 Å². The first-order valence-electron chi connectivity index (χ1n) is 7.05. The fourth-order valence-corrected chi connectivity index (χ4v) is 2.83. The van der Waals surface area contributed by atoms with Crippen molar-refractivity contribution in [1.82, 2.24) is 15.0 Å². The lowest BCUT2D eigenvalue weighted by Crippen LogP contribution is -2.03. The van der Waals surface area contributed by atoms with E-state index in [1.54, 1.807) is 18.3 Å². The fraction of sp³-hybridized carbons (Fsp3) is 0.125. The summed E-state index contributed by atoms with van der Waals surface area (Å²) < 4.78 is 62.1. The third-order valence-corrected chi connectivity index (χ3v) is 4.66. The largest absolute Gasteiger partial charge is 0.416 e. The van der Waals surface area contributed by atoms with Crippen molar-refractivity contribution in [2.45, 2.75) is 11.1 Å². The van der Waals surface area contributed by atoms with Crippen LogP contribution in [-0.4, -0.2) is 29.7 Å². The third kappa shape index (κ3) is 3.71. The minimum Gasteiger partial charge on any atom is -0.224 e. The highest BCUT2D eigenvalue weighted by molar-refractivity contribution is 7.90. The van der Waals surface area contributed by atoms with Gasteiger partial charge in [-0.15, -0.1) is 5.10 Å². The fourth-order valence-electron chi connectivity index (χ4n) is 2.20. The smallest absolute Gasteiger partial charge is 0.224 e. The molecule has 0 N–H and O–H groups in total. The summed E-state index contributed by atoms with van der Waals surface area (Å²) >= 11 is 0. The quantitative estimate of drug-likeness (QED) is 0.712. The summed E-state index contributed by atoms with van der Waals surface area (Å²) in [5.41, 5.74) is 0.742. The van der Waals surface area contributed by atoms with E-state index in [0.29, 0.717) is 16.9 Å². The molecule has 0 radical (unpaired) electrons. The Morgan fingerprint density at radius 3 is 2.08 bits per heavy atom. The number of aromatic nitrogens is 3. The van der Waals surface area contributed by atoms with E-state index in [9.17, 15) is 21.6 Å². The van der Waals surface area contributed by atoms with Crippen LogP contribution in [0.5, 0.6) is 0 Å². The van der Waals surface area contributed by atoms with E-state index in [0.717, 1.165) is 18.4 Å². The second kappa shape index (κ2) is 5.99. The lowest BCUT2D eigenvalue weighted by atomic mass is 10.1. The number of alkyl halides is 3. The van der Waals surface area contributed by atoms with Crippen molar-refractivity contribution in [2.75, 3.05) is 6.26 Å². The number of sulfone groups is 1. The maximum Gasteiger partial charge on any atom is 0.416 e. The Balaban J connectivity index is 1.87. The lowest BCUT2D eigenvalue weighted by molar-refractivity contribution is -0.137. The lowest BCUT2D eigenvalue weighted by Gasteiger charge is -2.06. The molecule has 3 rings (SSSR count). The van der Waals surface area contributed by atoms with Gasteiger partial charge in [0, 0.05) is 11.8 Å². The van der Waals surface area contributed by atoms with Gasteiger partial charge in [0.2, 0.25) is 0 Å². The van der Waals surface area contributed by atoms with Crippen molar-refractivity contribution < 1.29 is 21.6 Å². The first kappa shape index (κ1) is 17.2. The van der Waals surface area contributed by atoms with Gasteiger partial charge in [-0.1, -0.05) is 17.3 Å². The van der Waals surface area contributed by atoms with Gasteiger partial charge in [0.05, 0.1) is 22.3 Å². The number of halogens is 3. The minimum atomic E-state index is -4.39. The van der Waals surface area contributed by atoms with Crippen LogP contribution in [0.4, 0.5) is 13.2 Å². The summed E-state index contributed by atoms with van der Waals surface area (Å²) in [6.45, 7) is 0. The Labute approximate surface area is 141 Å². The van der Waals surface area contributed by atoms with Gasteiger partial charge in [-0.05, 0) is 36.4 Å². The molecule has 0 unspecified atom stereocenters. The monoisotopic (exact) mass is 367 g/mol. The van der Waals surface area contributed by atoms with E-state index in [4.69, 9.17) is 0 Å². The number of nitrogens with zero attached hydrogens (tertiary/aromatic N) is 3. The molecule has 0 atom stereocenters. The highest BCUT2D eigenvalue weighted by atomic mass is 32.2. The van der Waals surface area contributed by atoms with Gasteiger partial charge in [-0.2, -0.15) is 13.2 Å². The van der Waals surface area contributed by atoms with Gasteiger partial charge in [-0.3, -0.25) is 0 Å². The van der Waals surface area contributed by atoms with Crippen molar-refractivity contribution in [3.8, 4) is 16.9 Å². The van der Waals surface area contributed by atoms with E-state index < -0.39 is 21.6 Å². The zero-order chi connectivity index (χ0) is 18.2. The predicted octanol–water partition coefficient (Wildman–Crippen LogP) is 3.36. The molecular weight excluding hydrogens is 355 g/mol. The van der Waals surface area contributed by atoms with Crippen LogP contribution in [0.15, 0.2) is 59.6 Å². The standard InChI is InChI=1S/C16H12F3N3O2S/c1-25(23,24)14-8-6-13(7-9-14)22-10-15(20-21-22)11-2-4-12(5-3-11)16(17,18)19/h2-10H,1H3. The first-order chi connectivity index (χ1) is 11.6. The molecule has 0 saturated heterocycles. The molecule has 0 bridgehead atoms. The second-order valence-electron chi connectivity index (χ2n) is 5.39. The van der Waals surface area contributed by atoms with Gasteiger partial charge >= 0.3 is 6.18 Å². The van der Waals surface area contributed by atoms with Gasteiger partial charge in [0.25, 0.3) is 0 Å². The molecule has 0 amide bonds. The van der Waals surface area contributed by atoms with Crippen LogP contribution in [0.1, 0.15) is 5.56 Å². The maximum atomic E-state index is 12.6. The van der Waals surface area contributed by atoms with Crippen molar-refractivity contribution in [1.29, 1.82) is 0 Å². The summed E-state index contributed by atoms with van der Waals surface area (Å²) in [6, 6.07) is 10.6. The molecule has 5 nitrogen and oxygen atoms in total. The highest BCUT2D eigenvalue weighted by Gasteiger charge is 2.30. The number of benzene rings is 2. The Morgan fingerprint density at radius 2 is 1.56 bits per heavy atom. The van der Waals surface area contributed by atoms with Crippen molar-refractivity contribution in [3.05, 3.63) is 60.3 Å². The van der Waals surface area contributed by atoms with Crippen LogP contribution in [0, 0.1) is 0 Å². The molecule has 0 saturated carbocycles. The zero-order valence-electron chi connectivity index (χ0n) is 12.9. The Kier molecular flexibility index (Phi) is 4.11. The first-order valence-corrected chi connectivity index (χ1v) is 8.94. The molecule has 2 aromatic carbocycles. The Bertz CT molecular complexity index is 992. The van der Waals surface area contributed by atoms with Crippen LogP contribution >= 0.6 is 0 Å². The molecule has 0 fully saturated rings. The van der Waals surface area contributed by atoms with Crippen molar-refractivity contribution in [2.24, 2.45) is 0 Å². The van der Waals surface area contributed by atoms with Gasteiger partial charge in [-0.25, -0.2) is 13.1 Å². The van der Waals surface area contributed by atoms with Crippen LogP contribution < -0.4 is 0 Å². The van der Waals surface area contributed by atoms with Crippen LogP contribution in [0.3, 0.4) is 0 Å². The van der Waals surface area contributed by atoms with Crippen molar-refractivity contribution >= 4 is 9.84 Å². The Morgan fingerprint density at radius 1 is 0.960 bits per heavy atom. The van der Waals surface area contributed by atoms with Gasteiger partial charge < -0.3 is 0 Å². The molecule has 1 heterocycles. The van der Waals surface area contributed by atoms with Crippen LogP contribution in [0.2, 0.25) is 0 Å². The molecule has 25 heavy (non-hydrogen) atoms.